The molecule has 8 nitrogen and oxygen atoms in total. The summed E-state index contributed by atoms with van der Waals surface area (Å²) >= 11 is 0. The normalized spacial score (nSPS) is 10.4. The molecule has 1 amide bonds. The first-order chi connectivity index (χ1) is 13.9. The molecule has 0 saturated heterocycles. The number of H-pyrrole nitrogens is 1. The molecule has 0 aliphatic heterocycles. The Morgan fingerprint density at radius 3 is 2.34 bits per heavy atom. The summed E-state index contributed by atoms with van der Waals surface area (Å²) in [6, 6.07) is 14.9. The molecule has 0 spiro atoms. The minimum absolute atomic E-state index is 0.00752. The summed E-state index contributed by atoms with van der Waals surface area (Å²) in [6.07, 6.45) is 0.253. The van der Waals surface area contributed by atoms with Crippen LogP contribution < -0.4 is 15.6 Å². The third-order valence-electron chi connectivity index (χ3n) is 4.12. The number of carboxylic acids is 1. The number of amides is 1. The van der Waals surface area contributed by atoms with Crippen LogP contribution in [0.15, 0.2) is 59.4 Å². The lowest BCUT2D eigenvalue weighted by Crippen LogP contribution is -2.20. The predicted octanol–water partition coefficient (Wildman–Crippen LogP) is 2.25. The number of benzene rings is 2. The van der Waals surface area contributed by atoms with Crippen molar-refractivity contribution in [2.45, 2.75) is 12.8 Å². The average molecular weight is 393 g/mol. The second kappa shape index (κ2) is 8.83. The molecule has 0 bridgehead atoms. The highest BCUT2D eigenvalue weighted by molar-refractivity contribution is 6.02. The van der Waals surface area contributed by atoms with Gasteiger partial charge in [-0.2, -0.15) is 0 Å². The van der Waals surface area contributed by atoms with Crippen LogP contribution in [0.5, 0.6) is 5.75 Å². The third-order valence-corrected chi connectivity index (χ3v) is 4.12. The molecule has 1 aromatic heterocycles. The number of aromatic nitrogens is 2. The Kier molecular flexibility index (Phi) is 6.03. The summed E-state index contributed by atoms with van der Waals surface area (Å²) < 4.78 is 5.12. The predicted molar refractivity (Wildman–Crippen MR) is 106 cm³/mol. The first kappa shape index (κ1) is 19.8. The largest absolute Gasteiger partial charge is 0.497 e. The number of rotatable bonds is 7. The van der Waals surface area contributed by atoms with Crippen molar-refractivity contribution < 1.29 is 19.4 Å². The number of carbonyl (C=O) groups excluding carboxylic acids is 1. The molecule has 1 heterocycles. The zero-order chi connectivity index (χ0) is 20.8. The minimum atomic E-state index is -0.932. The highest BCUT2D eigenvalue weighted by Crippen LogP contribution is 2.14. The lowest BCUT2D eigenvalue weighted by Gasteiger charge is -2.07. The maximum absolute atomic E-state index is 12.5. The van der Waals surface area contributed by atoms with Gasteiger partial charge in [0, 0.05) is 18.2 Å². The van der Waals surface area contributed by atoms with Crippen molar-refractivity contribution in [3.8, 4) is 5.75 Å². The van der Waals surface area contributed by atoms with Crippen molar-refractivity contribution in [3.05, 3.63) is 87.6 Å². The van der Waals surface area contributed by atoms with Crippen LogP contribution in [0.25, 0.3) is 0 Å². The van der Waals surface area contributed by atoms with Gasteiger partial charge in [-0.3, -0.25) is 14.4 Å². The zero-order valence-electron chi connectivity index (χ0n) is 15.6. The van der Waals surface area contributed by atoms with Gasteiger partial charge in [0.05, 0.1) is 13.5 Å². The Labute approximate surface area is 166 Å². The van der Waals surface area contributed by atoms with E-state index in [9.17, 15) is 14.4 Å². The van der Waals surface area contributed by atoms with E-state index in [1.807, 2.05) is 12.1 Å². The topological polar surface area (TPSA) is 121 Å². The zero-order valence-corrected chi connectivity index (χ0v) is 15.6. The number of hydrogen-bond acceptors (Lipinski definition) is 5. The summed E-state index contributed by atoms with van der Waals surface area (Å²) in [5, 5.41) is 11.5. The van der Waals surface area contributed by atoms with Gasteiger partial charge in [0.2, 0.25) is 0 Å². The second-order valence-electron chi connectivity index (χ2n) is 6.32. The number of ether oxygens (including phenoxy) is 1. The fourth-order valence-corrected chi connectivity index (χ4v) is 2.72. The maximum atomic E-state index is 12.5. The number of anilines is 1. The number of hydrogen-bond donors (Lipinski definition) is 3. The highest BCUT2D eigenvalue weighted by Gasteiger charge is 2.12. The minimum Gasteiger partial charge on any atom is -0.497 e. The van der Waals surface area contributed by atoms with Crippen LogP contribution in [-0.4, -0.2) is 34.1 Å². The van der Waals surface area contributed by atoms with E-state index >= 15 is 0 Å². The summed E-state index contributed by atoms with van der Waals surface area (Å²) in [4.78, 5) is 42.0. The molecule has 0 aliphatic rings. The number of carbonyl (C=O) groups is 2. The van der Waals surface area contributed by atoms with Crippen LogP contribution in [0, 0.1) is 0 Å². The van der Waals surface area contributed by atoms with Gasteiger partial charge >= 0.3 is 5.97 Å². The monoisotopic (exact) mass is 393 g/mol. The number of methoxy groups -OCH3 is 1. The van der Waals surface area contributed by atoms with Crippen LogP contribution in [0.2, 0.25) is 0 Å². The van der Waals surface area contributed by atoms with E-state index in [1.54, 1.807) is 43.5 Å². The first-order valence-corrected chi connectivity index (χ1v) is 8.78. The van der Waals surface area contributed by atoms with Gasteiger partial charge in [0.25, 0.3) is 11.5 Å². The van der Waals surface area contributed by atoms with Crippen LogP contribution in [0.1, 0.15) is 27.4 Å². The number of aromatic amines is 1. The summed E-state index contributed by atoms with van der Waals surface area (Å²) in [7, 11) is 1.58. The Bertz CT molecular complexity index is 1070. The molecular formula is C21H19N3O5. The molecule has 2 aromatic carbocycles. The lowest BCUT2D eigenvalue weighted by molar-refractivity contribution is -0.136. The number of carboxylic acid groups (broad SMARTS) is 1. The maximum Gasteiger partial charge on any atom is 0.307 e. The van der Waals surface area contributed by atoms with Gasteiger partial charge in [-0.25, -0.2) is 4.98 Å². The average Bonchev–Trinajstić information content (AvgIpc) is 2.69. The van der Waals surface area contributed by atoms with E-state index in [-0.39, 0.29) is 12.1 Å². The van der Waals surface area contributed by atoms with E-state index in [0.29, 0.717) is 23.5 Å². The third kappa shape index (κ3) is 5.52. The Balaban J connectivity index is 1.73. The second-order valence-corrected chi connectivity index (χ2v) is 6.32. The molecule has 0 aliphatic carbocycles. The van der Waals surface area contributed by atoms with Crippen LogP contribution >= 0.6 is 0 Å². The Hall–Kier alpha value is -3.94. The van der Waals surface area contributed by atoms with E-state index < -0.39 is 17.4 Å². The summed E-state index contributed by atoms with van der Waals surface area (Å²) in [5.74, 6) is -0.376. The molecule has 0 fully saturated rings. The van der Waals surface area contributed by atoms with Gasteiger partial charge in [-0.15, -0.1) is 0 Å². The van der Waals surface area contributed by atoms with Gasteiger partial charge < -0.3 is 20.1 Å². The Morgan fingerprint density at radius 1 is 1.07 bits per heavy atom. The van der Waals surface area contributed by atoms with Gasteiger partial charge in [-0.05, 0) is 35.4 Å². The van der Waals surface area contributed by atoms with Crippen molar-refractivity contribution in [1.29, 1.82) is 0 Å². The van der Waals surface area contributed by atoms with Crippen molar-refractivity contribution >= 4 is 17.6 Å². The highest BCUT2D eigenvalue weighted by atomic mass is 16.5. The summed E-state index contributed by atoms with van der Waals surface area (Å²) in [5.41, 5.74) is 1.56. The molecule has 0 saturated carbocycles. The molecular weight excluding hydrogens is 374 g/mol. The first-order valence-electron chi connectivity index (χ1n) is 8.78. The molecule has 0 radical (unpaired) electrons. The fourth-order valence-electron chi connectivity index (χ4n) is 2.72. The van der Waals surface area contributed by atoms with E-state index in [2.05, 4.69) is 15.3 Å². The van der Waals surface area contributed by atoms with Crippen molar-refractivity contribution in [2.24, 2.45) is 0 Å². The summed E-state index contributed by atoms with van der Waals surface area (Å²) in [6.45, 7) is 0. The number of nitrogens with one attached hydrogen (secondary N) is 2. The lowest BCUT2D eigenvalue weighted by atomic mass is 10.1. The van der Waals surface area contributed by atoms with Gasteiger partial charge in [-0.1, -0.05) is 24.3 Å². The fraction of sp³-hybridized carbons (Fsp3) is 0.143. The molecule has 3 rings (SSSR count). The number of aliphatic carboxylic acids is 1. The van der Waals surface area contributed by atoms with Crippen LogP contribution in [-0.2, 0) is 17.6 Å². The smallest absolute Gasteiger partial charge is 0.307 e. The Morgan fingerprint density at radius 2 is 1.72 bits per heavy atom. The van der Waals surface area contributed by atoms with Crippen LogP contribution in [0.4, 0.5) is 5.69 Å². The van der Waals surface area contributed by atoms with E-state index in [4.69, 9.17) is 9.84 Å². The molecule has 0 unspecified atom stereocenters. The molecule has 3 N–H and O–H groups in total. The molecule has 8 heteroatoms. The standard InChI is InChI=1S/C21H19N3O5/c1-29-16-8-4-13(5-9-16)10-18-23-17(12-19(25)24-18)21(28)22-15-6-2-14(3-7-15)11-20(26)27/h2-9,12H,10-11H2,1H3,(H,22,28)(H,26,27)(H,23,24,25). The van der Waals surface area contributed by atoms with Crippen molar-refractivity contribution in [1.82, 2.24) is 9.97 Å². The number of nitrogens with zero attached hydrogens (tertiary/aromatic N) is 1. The molecule has 148 valence electrons. The van der Waals surface area contributed by atoms with E-state index in [0.717, 1.165) is 17.4 Å². The van der Waals surface area contributed by atoms with Gasteiger partial charge in [0.1, 0.15) is 17.3 Å². The van der Waals surface area contributed by atoms with E-state index in [1.165, 1.54) is 0 Å². The molecule has 0 atom stereocenters. The van der Waals surface area contributed by atoms with Crippen molar-refractivity contribution in [2.75, 3.05) is 12.4 Å². The molecule has 3 aromatic rings. The molecule has 29 heavy (non-hydrogen) atoms. The quantitative estimate of drug-likeness (QED) is 0.566. The van der Waals surface area contributed by atoms with Crippen molar-refractivity contribution in [3.63, 3.8) is 0 Å². The van der Waals surface area contributed by atoms with Gasteiger partial charge in [0.15, 0.2) is 0 Å². The SMILES string of the molecule is COc1ccc(Cc2nc(C(=O)Nc3ccc(CC(=O)O)cc3)cc(=O)[nH]2)cc1. The van der Waals surface area contributed by atoms with Crippen LogP contribution in [0.3, 0.4) is 0 Å².